The highest BCUT2D eigenvalue weighted by Crippen LogP contribution is 2.14. The Morgan fingerprint density at radius 2 is 2.17 bits per heavy atom. The summed E-state index contributed by atoms with van der Waals surface area (Å²) >= 11 is 0. The van der Waals surface area contributed by atoms with Crippen LogP contribution in [0.4, 0.5) is 4.39 Å². The minimum absolute atomic E-state index is 0.0821. The van der Waals surface area contributed by atoms with Crippen molar-refractivity contribution >= 4 is 10.0 Å². The maximum atomic E-state index is 13.0. The summed E-state index contributed by atoms with van der Waals surface area (Å²) in [7, 11) is -3.75. The van der Waals surface area contributed by atoms with Crippen molar-refractivity contribution in [2.75, 3.05) is 13.1 Å². The third kappa shape index (κ3) is 3.63. The molecule has 3 N–H and O–H groups in total. The topological polar surface area (TPSA) is 96.0 Å². The van der Waals surface area contributed by atoms with Crippen LogP contribution in [0, 0.1) is 17.1 Å². The van der Waals surface area contributed by atoms with E-state index in [-0.39, 0.29) is 17.0 Å². The first kappa shape index (κ1) is 14.3. The molecule has 1 aromatic carbocycles. The van der Waals surface area contributed by atoms with Crippen molar-refractivity contribution in [2.45, 2.75) is 4.90 Å². The monoisotopic (exact) mass is 269 g/mol. The molecule has 7 heteroatoms. The maximum Gasteiger partial charge on any atom is 0.240 e. The van der Waals surface area contributed by atoms with Crippen LogP contribution in [0.3, 0.4) is 0 Å². The number of hydrogen-bond donors (Lipinski definition) is 2. The third-order valence-electron chi connectivity index (χ3n) is 2.06. The van der Waals surface area contributed by atoms with Gasteiger partial charge in [0.15, 0.2) is 0 Å². The Kier molecular flexibility index (Phi) is 4.97. The van der Waals surface area contributed by atoms with Crippen LogP contribution in [0.2, 0.25) is 0 Å². The number of halogens is 1. The molecule has 1 aromatic rings. The van der Waals surface area contributed by atoms with Crippen LogP contribution in [-0.4, -0.2) is 21.5 Å². The van der Waals surface area contributed by atoms with Crippen LogP contribution in [0.5, 0.6) is 0 Å². The molecule has 0 spiro atoms. The number of nitriles is 1. The van der Waals surface area contributed by atoms with Gasteiger partial charge in [-0.3, -0.25) is 0 Å². The van der Waals surface area contributed by atoms with Crippen LogP contribution in [0.15, 0.2) is 35.2 Å². The van der Waals surface area contributed by atoms with E-state index < -0.39 is 15.8 Å². The lowest BCUT2D eigenvalue weighted by Gasteiger charge is -2.05. The number of nitrogens with two attached hydrogens (primary N) is 1. The van der Waals surface area contributed by atoms with Crippen LogP contribution in [0.25, 0.3) is 0 Å². The Bertz CT molecular complexity index is 591. The smallest absolute Gasteiger partial charge is 0.240 e. The van der Waals surface area contributed by atoms with E-state index in [9.17, 15) is 12.8 Å². The normalized spacial score (nSPS) is 11.6. The van der Waals surface area contributed by atoms with E-state index in [1.807, 2.05) is 0 Å². The minimum atomic E-state index is -3.75. The second-order valence-electron chi connectivity index (χ2n) is 3.31. The first-order chi connectivity index (χ1) is 8.51. The van der Waals surface area contributed by atoms with Gasteiger partial charge in [0.05, 0.1) is 10.5 Å². The average molecular weight is 269 g/mol. The van der Waals surface area contributed by atoms with E-state index in [4.69, 9.17) is 11.0 Å². The molecular weight excluding hydrogens is 257 g/mol. The summed E-state index contributed by atoms with van der Waals surface area (Å²) in [5, 5.41) is 8.62. The lowest BCUT2D eigenvalue weighted by molar-refractivity contribution is 0.584. The Morgan fingerprint density at radius 3 is 2.78 bits per heavy atom. The van der Waals surface area contributed by atoms with Crippen molar-refractivity contribution in [1.82, 2.24) is 4.72 Å². The Morgan fingerprint density at radius 1 is 1.44 bits per heavy atom. The molecule has 0 amide bonds. The van der Waals surface area contributed by atoms with E-state index >= 15 is 0 Å². The predicted molar refractivity (Wildman–Crippen MR) is 64.5 cm³/mol. The highest BCUT2D eigenvalue weighted by atomic mass is 32.2. The van der Waals surface area contributed by atoms with Crippen molar-refractivity contribution in [3.05, 3.63) is 41.7 Å². The Balaban J connectivity index is 2.92. The lowest BCUT2D eigenvalue weighted by atomic mass is 10.2. The van der Waals surface area contributed by atoms with Crippen molar-refractivity contribution in [1.29, 1.82) is 5.26 Å². The summed E-state index contributed by atoms with van der Waals surface area (Å²) in [6.07, 6.45) is 3.17. The van der Waals surface area contributed by atoms with E-state index in [0.717, 1.165) is 18.2 Å². The molecule has 0 saturated heterocycles. The SMILES string of the molecule is N#Cc1cc(S(=O)(=O)NC/C=C/CN)ccc1F. The quantitative estimate of drug-likeness (QED) is 0.760. The van der Waals surface area contributed by atoms with Gasteiger partial charge in [-0.2, -0.15) is 5.26 Å². The van der Waals surface area contributed by atoms with E-state index in [2.05, 4.69) is 4.72 Å². The number of sulfonamides is 1. The molecule has 0 aliphatic rings. The maximum absolute atomic E-state index is 13.0. The lowest BCUT2D eigenvalue weighted by Crippen LogP contribution is -2.24. The van der Waals surface area contributed by atoms with Crippen molar-refractivity contribution in [2.24, 2.45) is 5.73 Å². The second-order valence-corrected chi connectivity index (χ2v) is 5.08. The summed E-state index contributed by atoms with van der Waals surface area (Å²) in [6, 6.07) is 4.63. The van der Waals surface area contributed by atoms with Crippen molar-refractivity contribution < 1.29 is 12.8 Å². The zero-order chi connectivity index (χ0) is 13.6. The number of hydrogen-bond acceptors (Lipinski definition) is 4. The summed E-state index contributed by atoms with van der Waals surface area (Å²) in [5.41, 5.74) is 4.89. The molecule has 1 rings (SSSR count). The summed E-state index contributed by atoms with van der Waals surface area (Å²) < 4.78 is 38.9. The zero-order valence-corrected chi connectivity index (χ0v) is 10.2. The first-order valence-corrected chi connectivity index (χ1v) is 6.54. The minimum Gasteiger partial charge on any atom is -0.327 e. The molecule has 0 radical (unpaired) electrons. The molecule has 5 nitrogen and oxygen atoms in total. The fourth-order valence-electron chi connectivity index (χ4n) is 1.18. The standard InChI is InChI=1S/C11H12FN3O2S/c12-11-4-3-10(7-9(11)8-14)18(16,17)15-6-2-1-5-13/h1-4,7,15H,5-6,13H2/b2-1+. The molecule has 96 valence electrons. The van der Waals surface area contributed by atoms with Crippen LogP contribution < -0.4 is 10.5 Å². The molecule has 0 aliphatic carbocycles. The first-order valence-electron chi connectivity index (χ1n) is 5.05. The number of nitrogens with one attached hydrogen (secondary N) is 1. The van der Waals surface area contributed by atoms with E-state index in [1.165, 1.54) is 0 Å². The van der Waals surface area contributed by atoms with Gasteiger partial charge in [0.1, 0.15) is 11.9 Å². The Labute approximate surface area is 105 Å². The molecule has 0 atom stereocenters. The molecule has 0 saturated carbocycles. The third-order valence-corrected chi connectivity index (χ3v) is 3.48. The van der Waals surface area contributed by atoms with Crippen LogP contribution in [-0.2, 0) is 10.0 Å². The molecule has 18 heavy (non-hydrogen) atoms. The van der Waals surface area contributed by atoms with Gasteiger partial charge in [0.25, 0.3) is 0 Å². The molecule has 0 aliphatic heterocycles. The molecule has 0 unspecified atom stereocenters. The molecule has 0 bridgehead atoms. The fraction of sp³-hybridized carbons (Fsp3) is 0.182. The highest BCUT2D eigenvalue weighted by molar-refractivity contribution is 7.89. The largest absolute Gasteiger partial charge is 0.327 e. The van der Waals surface area contributed by atoms with Gasteiger partial charge < -0.3 is 5.73 Å². The zero-order valence-electron chi connectivity index (χ0n) is 9.43. The van der Waals surface area contributed by atoms with Gasteiger partial charge in [-0.1, -0.05) is 12.2 Å². The second kappa shape index (κ2) is 6.26. The van der Waals surface area contributed by atoms with Gasteiger partial charge in [-0.25, -0.2) is 17.5 Å². The van der Waals surface area contributed by atoms with Crippen LogP contribution >= 0.6 is 0 Å². The van der Waals surface area contributed by atoms with Crippen molar-refractivity contribution in [3.8, 4) is 6.07 Å². The number of rotatable bonds is 5. The van der Waals surface area contributed by atoms with Gasteiger partial charge in [0.2, 0.25) is 10.0 Å². The van der Waals surface area contributed by atoms with Gasteiger partial charge in [-0.15, -0.1) is 0 Å². The Hall–Kier alpha value is -1.75. The predicted octanol–water partition coefficient (Wildman–Crippen LogP) is 0.491. The highest BCUT2D eigenvalue weighted by Gasteiger charge is 2.15. The fourth-order valence-corrected chi connectivity index (χ4v) is 2.18. The van der Waals surface area contributed by atoms with Crippen LogP contribution in [0.1, 0.15) is 5.56 Å². The number of benzene rings is 1. The summed E-state index contributed by atoms with van der Waals surface area (Å²) in [4.78, 5) is -0.151. The molecular formula is C11H12FN3O2S. The summed E-state index contributed by atoms with van der Waals surface area (Å²) in [5.74, 6) is -0.750. The summed E-state index contributed by atoms with van der Waals surface area (Å²) in [6.45, 7) is 0.398. The van der Waals surface area contributed by atoms with E-state index in [1.54, 1.807) is 18.2 Å². The van der Waals surface area contributed by atoms with Gasteiger partial charge in [-0.05, 0) is 18.2 Å². The average Bonchev–Trinajstić information content (AvgIpc) is 2.35. The van der Waals surface area contributed by atoms with Crippen molar-refractivity contribution in [3.63, 3.8) is 0 Å². The van der Waals surface area contributed by atoms with E-state index in [0.29, 0.717) is 6.54 Å². The number of nitrogens with zero attached hydrogens (tertiary/aromatic N) is 1. The van der Waals surface area contributed by atoms with Gasteiger partial charge in [0, 0.05) is 13.1 Å². The van der Waals surface area contributed by atoms with Gasteiger partial charge >= 0.3 is 0 Å². The molecule has 0 aromatic heterocycles. The molecule has 0 fully saturated rings. The molecule has 0 heterocycles.